The molecule has 0 saturated carbocycles. The molecule has 2 aromatic rings. The summed E-state index contributed by atoms with van der Waals surface area (Å²) in [6, 6.07) is 11.7. The van der Waals surface area contributed by atoms with Crippen molar-refractivity contribution in [3.8, 4) is 17.2 Å². The molecule has 0 fully saturated rings. The maximum atomic E-state index is 12.6. The van der Waals surface area contributed by atoms with Crippen molar-refractivity contribution in [2.75, 3.05) is 13.7 Å². The molecule has 1 N–H and O–H groups in total. The summed E-state index contributed by atoms with van der Waals surface area (Å²) in [4.78, 5) is 12.6. The van der Waals surface area contributed by atoms with E-state index in [4.69, 9.17) is 14.2 Å². The summed E-state index contributed by atoms with van der Waals surface area (Å²) in [6.45, 7) is 4.06. The van der Waals surface area contributed by atoms with Crippen molar-refractivity contribution in [3.63, 3.8) is 0 Å². The smallest absolute Gasteiger partial charge is 0.258 e. The minimum Gasteiger partial charge on any atom is -0.497 e. The Morgan fingerprint density at radius 1 is 1.10 bits per heavy atom. The van der Waals surface area contributed by atoms with Crippen LogP contribution in [0.15, 0.2) is 36.4 Å². The van der Waals surface area contributed by atoms with Gasteiger partial charge >= 0.3 is 0 Å². The van der Waals surface area contributed by atoms with E-state index in [9.17, 15) is 4.79 Å². The highest BCUT2D eigenvalue weighted by molar-refractivity contribution is 5.78. The van der Waals surface area contributed by atoms with Crippen LogP contribution < -0.4 is 19.5 Å². The fourth-order valence-electron chi connectivity index (χ4n) is 4.27. The maximum Gasteiger partial charge on any atom is 0.258 e. The number of hydrogen-bond donors (Lipinski definition) is 1. The van der Waals surface area contributed by atoms with Crippen LogP contribution in [0.3, 0.4) is 0 Å². The third-order valence-electron chi connectivity index (χ3n) is 5.70. The van der Waals surface area contributed by atoms with Crippen molar-refractivity contribution in [1.29, 1.82) is 0 Å². The van der Waals surface area contributed by atoms with Crippen molar-refractivity contribution >= 4 is 5.91 Å². The number of carbonyl (C=O) groups excluding carboxylic acids is 1. The van der Waals surface area contributed by atoms with Crippen molar-refractivity contribution in [2.24, 2.45) is 0 Å². The molecule has 4 rings (SSSR count). The molecule has 5 heteroatoms. The van der Waals surface area contributed by atoms with Crippen LogP contribution in [0.1, 0.15) is 55.8 Å². The average molecular weight is 395 g/mol. The monoisotopic (exact) mass is 395 g/mol. The summed E-state index contributed by atoms with van der Waals surface area (Å²) in [5.74, 6) is 2.15. The molecule has 1 amide bonds. The molecule has 0 aromatic heterocycles. The molecule has 1 aliphatic heterocycles. The Kier molecular flexibility index (Phi) is 5.39. The van der Waals surface area contributed by atoms with E-state index in [2.05, 4.69) is 17.4 Å². The summed E-state index contributed by atoms with van der Waals surface area (Å²) >= 11 is 0. The molecule has 154 valence electrons. The van der Waals surface area contributed by atoms with E-state index < -0.39 is 0 Å². The van der Waals surface area contributed by atoms with E-state index in [0.717, 1.165) is 35.7 Å². The number of methoxy groups -OCH3 is 1. The summed E-state index contributed by atoms with van der Waals surface area (Å²) in [5, 5.41) is 3.12. The lowest BCUT2D eigenvalue weighted by Gasteiger charge is -2.38. The van der Waals surface area contributed by atoms with Crippen LogP contribution in [0.25, 0.3) is 0 Å². The molecule has 0 radical (unpaired) electrons. The minimum absolute atomic E-state index is 0.00409. The second-order valence-corrected chi connectivity index (χ2v) is 8.52. The van der Waals surface area contributed by atoms with Crippen LogP contribution in [-0.4, -0.2) is 25.2 Å². The molecule has 2 aliphatic rings. The zero-order chi connectivity index (χ0) is 20.4. The standard InChI is InChI=1S/C24H29NO4/c1-24(2)14-21(20-13-18(27-3)10-11-22(20)29-24)25-23(26)15-28-19-9-8-16-6-4-5-7-17(16)12-19/h8-13,21H,4-7,14-15H2,1-3H3,(H,25,26)/t21-/m0/s1. The van der Waals surface area contributed by atoms with Crippen molar-refractivity contribution in [2.45, 2.75) is 57.6 Å². The van der Waals surface area contributed by atoms with E-state index >= 15 is 0 Å². The third kappa shape index (κ3) is 4.50. The van der Waals surface area contributed by atoms with Crippen molar-refractivity contribution < 1.29 is 19.0 Å². The molecule has 2 aromatic carbocycles. The minimum atomic E-state index is -0.362. The summed E-state index contributed by atoms with van der Waals surface area (Å²) in [7, 11) is 1.63. The molecule has 1 aliphatic carbocycles. The first-order valence-corrected chi connectivity index (χ1v) is 10.3. The molecule has 29 heavy (non-hydrogen) atoms. The van der Waals surface area contributed by atoms with Crippen LogP contribution in [-0.2, 0) is 17.6 Å². The summed E-state index contributed by atoms with van der Waals surface area (Å²) in [5.41, 5.74) is 3.33. The van der Waals surface area contributed by atoms with Gasteiger partial charge < -0.3 is 19.5 Å². The predicted molar refractivity (Wildman–Crippen MR) is 112 cm³/mol. The number of benzene rings is 2. The van der Waals surface area contributed by atoms with Crippen molar-refractivity contribution in [3.05, 3.63) is 53.1 Å². The fraction of sp³-hybridized carbons (Fsp3) is 0.458. The number of nitrogens with one attached hydrogen (secondary N) is 1. The van der Waals surface area contributed by atoms with E-state index in [1.807, 2.05) is 38.1 Å². The number of ether oxygens (including phenoxy) is 3. The Morgan fingerprint density at radius 3 is 2.66 bits per heavy atom. The molecule has 5 nitrogen and oxygen atoms in total. The van der Waals surface area contributed by atoms with Gasteiger partial charge in [0, 0.05) is 12.0 Å². The fourth-order valence-corrected chi connectivity index (χ4v) is 4.27. The highest BCUT2D eigenvalue weighted by atomic mass is 16.5. The van der Waals surface area contributed by atoms with Crippen molar-refractivity contribution in [1.82, 2.24) is 5.32 Å². The largest absolute Gasteiger partial charge is 0.497 e. The van der Waals surface area contributed by atoms with E-state index in [1.165, 1.54) is 24.0 Å². The second-order valence-electron chi connectivity index (χ2n) is 8.52. The lowest BCUT2D eigenvalue weighted by Crippen LogP contribution is -2.42. The molecule has 0 spiro atoms. The SMILES string of the molecule is COc1ccc2c(c1)[C@@H](NC(=O)COc1ccc3c(c1)CCCC3)CC(C)(C)O2. The number of rotatable bonds is 5. The highest BCUT2D eigenvalue weighted by Crippen LogP contribution is 2.41. The molecule has 1 atom stereocenters. The lowest BCUT2D eigenvalue weighted by molar-refractivity contribution is -0.124. The van der Waals surface area contributed by atoms with Gasteiger partial charge in [0.25, 0.3) is 5.91 Å². The number of carbonyl (C=O) groups is 1. The maximum absolute atomic E-state index is 12.6. The van der Waals surface area contributed by atoms with Gasteiger partial charge in [-0.25, -0.2) is 0 Å². The van der Waals surface area contributed by atoms with Crippen LogP contribution in [0.5, 0.6) is 17.2 Å². The molecule has 1 heterocycles. The lowest BCUT2D eigenvalue weighted by atomic mass is 9.89. The summed E-state index contributed by atoms with van der Waals surface area (Å²) < 4.78 is 17.2. The quantitative estimate of drug-likeness (QED) is 0.817. The van der Waals surface area contributed by atoms with Crippen LogP contribution >= 0.6 is 0 Å². The van der Waals surface area contributed by atoms with Gasteiger partial charge in [-0.2, -0.15) is 0 Å². The van der Waals surface area contributed by atoms with Gasteiger partial charge in [0.2, 0.25) is 0 Å². The third-order valence-corrected chi connectivity index (χ3v) is 5.70. The van der Waals surface area contributed by atoms with Gasteiger partial charge in [0.15, 0.2) is 6.61 Å². The topological polar surface area (TPSA) is 56.8 Å². The van der Waals surface area contributed by atoms with Gasteiger partial charge in [-0.15, -0.1) is 0 Å². The molecule has 0 saturated heterocycles. The first kappa shape index (κ1) is 19.6. The Bertz CT molecular complexity index is 906. The average Bonchev–Trinajstić information content (AvgIpc) is 2.71. The predicted octanol–water partition coefficient (Wildman–Crippen LogP) is 4.37. The van der Waals surface area contributed by atoms with Crippen LogP contribution in [0.2, 0.25) is 0 Å². The Balaban J connectivity index is 1.43. The normalized spacial score (nSPS) is 19.3. The number of hydrogen-bond acceptors (Lipinski definition) is 4. The van der Waals surface area contributed by atoms with E-state index in [-0.39, 0.29) is 24.2 Å². The Hall–Kier alpha value is -2.69. The van der Waals surface area contributed by atoms with E-state index in [1.54, 1.807) is 7.11 Å². The van der Waals surface area contributed by atoms with Gasteiger partial charge in [-0.3, -0.25) is 4.79 Å². The number of amides is 1. The van der Waals surface area contributed by atoms with Gasteiger partial charge in [0.1, 0.15) is 22.8 Å². The highest BCUT2D eigenvalue weighted by Gasteiger charge is 2.34. The first-order chi connectivity index (χ1) is 13.9. The van der Waals surface area contributed by atoms with Crippen LogP contribution in [0, 0.1) is 0 Å². The van der Waals surface area contributed by atoms with Gasteiger partial charge in [0.05, 0.1) is 13.2 Å². The zero-order valence-electron chi connectivity index (χ0n) is 17.4. The zero-order valence-corrected chi connectivity index (χ0v) is 17.4. The Labute approximate surface area is 172 Å². The van der Waals surface area contributed by atoms with Gasteiger partial charge in [-0.1, -0.05) is 6.07 Å². The second kappa shape index (κ2) is 7.97. The molecular formula is C24H29NO4. The molecular weight excluding hydrogens is 366 g/mol. The molecule has 0 unspecified atom stereocenters. The first-order valence-electron chi connectivity index (χ1n) is 10.3. The van der Waals surface area contributed by atoms with E-state index in [0.29, 0.717) is 6.42 Å². The van der Waals surface area contributed by atoms with Crippen LogP contribution in [0.4, 0.5) is 0 Å². The van der Waals surface area contributed by atoms with Gasteiger partial charge in [-0.05, 0) is 81.0 Å². The summed E-state index contributed by atoms with van der Waals surface area (Å²) in [6.07, 6.45) is 5.38. The Morgan fingerprint density at radius 2 is 1.86 bits per heavy atom. The molecule has 0 bridgehead atoms. The number of fused-ring (bicyclic) bond motifs is 2. The number of aryl methyl sites for hydroxylation is 2.